The predicted molar refractivity (Wildman–Crippen MR) is 126 cm³/mol. The molecule has 4 nitrogen and oxygen atoms in total. The van der Waals surface area contributed by atoms with E-state index in [1.54, 1.807) is 0 Å². The van der Waals surface area contributed by atoms with Gasteiger partial charge in [0.15, 0.2) is 0 Å². The second kappa shape index (κ2) is 8.27. The molecule has 0 bridgehead atoms. The van der Waals surface area contributed by atoms with E-state index >= 15 is 0 Å². The third-order valence-electron chi connectivity index (χ3n) is 6.98. The van der Waals surface area contributed by atoms with Gasteiger partial charge in [-0.15, -0.1) is 0 Å². The summed E-state index contributed by atoms with van der Waals surface area (Å²) in [5, 5.41) is 4.75. The molecule has 4 aromatic rings. The van der Waals surface area contributed by atoms with Gasteiger partial charge in [0.05, 0.1) is 11.0 Å². The zero-order valence-corrected chi connectivity index (χ0v) is 18.2. The first-order chi connectivity index (χ1) is 14.7. The molecule has 2 N–H and O–H groups in total. The number of imidazole rings is 1. The van der Waals surface area contributed by atoms with E-state index < -0.39 is 0 Å². The fourth-order valence-corrected chi connectivity index (χ4v) is 4.96. The summed E-state index contributed by atoms with van der Waals surface area (Å²) in [7, 11) is 0. The Morgan fingerprint density at radius 1 is 1.03 bits per heavy atom. The Balaban J connectivity index is 1.35. The van der Waals surface area contributed by atoms with Gasteiger partial charge >= 0.3 is 0 Å². The Morgan fingerprint density at radius 2 is 1.90 bits per heavy atom. The first kappa shape index (κ1) is 19.4. The number of H-pyrrole nitrogens is 1. The molecule has 2 aromatic heterocycles. The van der Waals surface area contributed by atoms with Gasteiger partial charge in [-0.3, -0.25) is 0 Å². The van der Waals surface area contributed by atoms with Crippen molar-refractivity contribution in [3.8, 4) is 11.4 Å². The van der Waals surface area contributed by atoms with E-state index in [2.05, 4.69) is 71.3 Å². The SMILES string of the molecule is Cc1ccc2nc(-c3cccc4c3ccn4CCCCC3CCNCC3)[nH]c2c1C. The minimum absolute atomic E-state index is 0.930. The fourth-order valence-electron chi connectivity index (χ4n) is 4.96. The number of aromatic nitrogens is 3. The Morgan fingerprint density at radius 3 is 2.77 bits per heavy atom. The number of nitrogens with zero attached hydrogens (tertiary/aromatic N) is 2. The van der Waals surface area contributed by atoms with Crippen LogP contribution in [0.15, 0.2) is 42.6 Å². The average molecular weight is 401 g/mol. The van der Waals surface area contributed by atoms with Crippen LogP contribution in [0.1, 0.15) is 43.2 Å². The van der Waals surface area contributed by atoms with E-state index in [-0.39, 0.29) is 0 Å². The lowest BCUT2D eigenvalue weighted by atomic mass is 9.92. The Hall–Kier alpha value is -2.59. The molecule has 30 heavy (non-hydrogen) atoms. The minimum atomic E-state index is 0.930. The lowest BCUT2D eigenvalue weighted by Crippen LogP contribution is -2.27. The largest absolute Gasteiger partial charge is 0.347 e. The molecule has 5 rings (SSSR count). The lowest BCUT2D eigenvalue weighted by Gasteiger charge is -2.22. The van der Waals surface area contributed by atoms with Crippen LogP contribution in [0.25, 0.3) is 33.3 Å². The fraction of sp³-hybridized carbons (Fsp3) is 0.423. The zero-order chi connectivity index (χ0) is 20.5. The summed E-state index contributed by atoms with van der Waals surface area (Å²) in [6, 6.07) is 13.1. The summed E-state index contributed by atoms with van der Waals surface area (Å²) in [4.78, 5) is 8.49. The van der Waals surface area contributed by atoms with Gasteiger partial charge in [0.1, 0.15) is 5.82 Å². The second-order valence-electron chi connectivity index (χ2n) is 8.92. The molecule has 156 valence electrons. The van der Waals surface area contributed by atoms with Gasteiger partial charge in [0.25, 0.3) is 0 Å². The van der Waals surface area contributed by atoms with Crippen LogP contribution in [-0.2, 0) is 6.54 Å². The Labute approximate surface area is 178 Å². The van der Waals surface area contributed by atoms with Crippen molar-refractivity contribution in [2.24, 2.45) is 5.92 Å². The van der Waals surface area contributed by atoms with E-state index in [0.29, 0.717) is 0 Å². The quantitative estimate of drug-likeness (QED) is 0.392. The van der Waals surface area contributed by atoms with Gasteiger partial charge in [-0.25, -0.2) is 4.98 Å². The number of rotatable bonds is 6. The van der Waals surface area contributed by atoms with Crippen LogP contribution in [0.2, 0.25) is 0 Å². The number of piperidine rings is 1. The molecule has 0 radical (unpaired) electrons. The average Bonchev–Trinajstić information content (AvgIpc) is 3.39. The van der Waals surface area contributed by atoms with Crippen LogP contribution < -0.4 is 5.32 Å². The van der Waals surface area contributed by atoms with Gasteiger partial charge in [-0.2, -0.15) is 0 Å². The molecule has 0 atom stereocenters. The maximum atomic E-state index is 4.90. The van der Waals surface area contributed by atoms with Gasteiger partial charge in [-0.1, -0.05) is 31.0 Å². The molecular weight excluding hydrogens is 368 g/mol. The summed E-state index contributed by atoms with van der Waals surface area (Å²) in [5.74, 6) is 1.90. The molecule has 0 amide bonds. The maximum Gasteiger partial charge on any atom is 0.139 e. The van der Waals surface area contributed by atoms with Crippen molar-refractivity contribution in [2.45, 2.75) is 52.5 Å². The molecule has 0 spiro atoms. The normalized spacial score (nSPS) is 15.4. The number of unbranched alkanes of at least 4 members (excludes halogenated alkanes) is 1. The van der Waals surface area contributed by atoms with Gasteiger partial charge in [0.2, 0.25) is 0 Å². The first-order valence-electron chi connectivity index (χ1n) is 11.5. The number of benzene rings is 2. The van der Waals surface area contributed by atoms with Crippen molar-refractivity contribution in [1.29, 1.82) is 0 Å². The van der Waals surface area contributed by atoms with Crippen molar-refractivity contribution in [3.05, 3.63) is 53.7 Å². The van der Waals surface area contributed by atoms with Crippen molar-refractivity contribution < 1.29 is 0 Å². The molecule has 4 heteroatoms. The first-order valence-corrected chi connectivity index (χ1v) is 11.5. The molecule has 1 saturated heterocycles. The van der Waals surface area contributed by atoms with Crippen molar-refractivity contribution in [3.63, 3.8) is 0 Å². The smallest absolute Gasteiger partial charge is 0.139 e. The number of nitrogens with one attached hydrogen (secondary N) is 2. The van der Waals surface area contributed by atoms with Gasteiger partial charge in [-0.05, 0) is 81.4 Å². The lowest BCUT2D eigenvalue weighted by molar-refractivity contribution is 0.341. The summed E-state index contributed by atoms with van der Waals surface area (Å²) in [6.45, 7) is 7.82. The van der Waals surface area contributed by atoms with E-state index in [4.69, 9.17) is 4.98 Å². The standard InChI is InChI=1S/C26H32N4/c1-18-9-10-23-25(19(18)2)29-26(28-23)22-7-5-8-24-21(22)13-17-30(24)16-4-3-6-20-11-14-27-15-12-20/h5,7-10,13,17,20,27H,3-4,6,11-12,14-16H2,1-2H3,(H,28,29). The minimum Gasteiger partial charge on any atom is -0.347 e. The van der Waals surface area contributed by atoms with Gasteiger partial charge in [0, 0.05) is 29.2 Å². The molecule has 0 unspecified atom stereocenters. The highest BCUT2D eigenvalue weighted by Crippen LogP contribution is 2.31. The van der Waals surface area contributed by atoms with Gasteiger partial charge < -0.3 is 14.9 Å². The van der Waals surface area contributed by atoms with E-state index in [1.807, 2.05) is 0 Å². The summed E-state index contributed by atoms with van der Waals surface area (Å²) < 4.78 is 2.42. The van der Waals surface area contributed by atoms with Crippen LogP contribution in [0, 0.1) is 19.8 Å². The highest BCUT2D eigenvalue weighted by atomic mass is 15.0. The third kappa shape index (κ3) is 3.65. The van der Waals surface area contributed by atoms with Crippen LogP contribution >= 0.6 is 0 Å². The summed E-state index contributed by atoms with van der Waals surface area (Å²) in [6.07, 6.45) is 8.91. The molecule has 0 saturated carbocycles. The molecule has 1 aliphatic rings. The van der Waals surface area contributed by atoms with Crippen LogP contribution in [0.4, 0.5) is 0 Å². The topological polar surface area (TPSA) is 45.6 Å². The Bertz CT molecular complexity index is 1160. The predicted octanol–water partition coefficient (Wildman–Crippen LogP) is 5.97. The number of aromatic amines is 1. The zero-order valence-electron chi connectivity index (χ0n) is 18.2. The number of fused-ring (bicyclic) bond motifs is 2. The Kier molecular flexibility index (Phi) is 5.34. The molecule has 1 fully saturated rings. The van der Waals surface area contributed by atoms with E-state index in [0.717, 1.165) is 29.3 Å². The summed E-state index contributed by atoms with van der Waals surface area (Å²) in [5.41, 5.74) is 7.27. The molecular formula is C26H32N4. The number of aryl methyl sites for hydroxylation is 3. The monoisotopic (exact) mass is 400 g/mol. The molecule has 1 aliphatic heterocycles. The van der Waals surface area contributed by atoms with Crippen molar-refractivity contribution in [2.75, 3.05) is 13.1 Å². The molecule has 2 aromatic carbocycles. The van der Waals surface area contributed by atoms with Crippen LogP contribution in [0.3, 0.4) is 0 Å². The highest BCUT2D eigenvalue weighted by Gasteiger charge is 2.14. The number of hydrogen-bond donors (Lipinski definition) is 2. The van der Waals surface area contributed by atoms with Crippen LogP contribution in [-0.4, -0.2) is 27.6 Å². The molecule has 3 heterocycles. The van der Waals surface area contributed by atoms with Crippen molar-refractivity contribution >= 4 is 21.9 Å². The highest BCUT2D eigenvalue weighted by molar-refractivity contribution is 5.95. The second-order valence-corrected chi connectivity index (χ2v) is 8.92. The molecule has 0 aliphatic carbocycles. The summed E-state index contributed by atoms with van der Waals surface area (Å²) >= 11 is 0. The van der Waals surface area contributed by atoms with Crippen LogP contribution in [0.5, 0.6) is 0 Å². The van der Waals surface area contributed by atoms with Crippen molar-refractivity contribution in [1.82, 2.24) is 19.9 Å². The van der Waals surface area contributed by atoms with E-state index in [1.165, 1.54) is 72.8 Å². The van der Waals surface area contributed by atoms with E-state index in [9.17, 15) is 0 Å². The number of hydrogen-bond acceptors (Lipinski definition) is 2. The third-order valence-corrected chi connectivity index (χ3v) is 6.98. The maximum absolute atomic E-state index is 4.90.